The van der Waals surface area contributed by atoms with Crippen molar-refractivity contribution in [3.05, 3.63) is 34.3 Å². The van der Waals surface area contributed by atoms with E-state index in [1.54, 1.807) is 6.07 Å². The van der Waals surface area contributed by atoms with Crippen molar-refractivity contribution in [1.29, 1.82) is 0 Å². The van der Waals surface area contributed by atoms with Gasteiger partial charge in [-0.05, 0) is 30.4 Å². The molecule has 0 aliphatic heterocycles. The van der Waals surface area contributed by atoms with Crippen molar-refractivity contribution in [2.24, 2.45) is 16.8 Å². The molecule has 1 aliphatic rings. The van der Waals surface area contributed by atoms with Gasteiger partial charge in [-0.1, -0.05) is 48.7 Å². The first-order valence-corrected chi connectivity index (χ1v) is 7.51. The fourth-order valence-electron chi connectivity index (χ4n) is 2.31. The number of nitrogens with zero attached hydrogens (tertiary/aromatic N) is 1. The molecule has 4 N–H and O–H groups in total. The zero-order valence-corrected chi connectivity index (χ0v) is 12.5. The molecule has 1 saturated carbocycles. The number of benzene rings is 1. The molecule has 20 heavy (non-hydrogen) atoms. The van der Waals surface area contributed by atoms with Crippen LogP contribution in [0.2, 0.25) is 5.02 Å². The lowest BCUT2D eigenvalue weighted by atomic mass is 10.1. The number of hydrogen-bond acceptors (Lipinski definition) is 3. The van der Waals surface area contributed by atoms with Gasteiger partial charge in [0.25, 0.3) is 0 Å². The number of nitrogens with one attached hydrogen (secondary N) is 1. The van der Waals surface area contributed by atoms with Gasteiger partial charge < -0.3 is 16.3 Å². The standard InChI is InChI=1S/C15H22ClN3O/c1-2-13(7-10-3-4-10)18-9-12-6-5-11(8-14(12)16)15(17)19-20/h5-6,8,10,13,18,20H,2-4,7,9H2,1H3,(H2,17,19). The second kappa shape index (κ2) is 6.95. The van der Waals surface area contributed by atoms with Crippen LogP contribution in [-0.2, 0) is 6.54 Å². The van der Waals surface area contributed by atoms with E-state index in [4.69, 9.17) is 22.5 Å². The van der Waals surface area contributed by atoms with E-state index in [2.05, 4.69) is 17.4 Å². The van der Waals surface area contributed by atoms with Gasteiger partial charge >= 0.3 is 0 Å². The van der Waals surface area contributed by atoms with Crippen LogP contribution in [0.3, 0.4) is 0 Å². The van der Waals surface area contributed by atoms with Crippen molar-refractivity contribution in [3.63, 3.8) is 0 Å². The average Bonchev–Trinajstić information content (AvgIpc) is 3.27. The summed E-state index contributed by atoms with van der Waals surface area (Å²) >= 11 is 6.24. The molecule has 0 spiro atoms. The molecule has 110 valence electrons. The highest BCUT2D eigenvalue weighted by molar-refractivity contribution is 6.31. The van der Waals surface area contributed by atoms with Gasteiger partial charge in [0.2, 0.25) is 0 Å². The monoisotopic (exact) mass is 295 g/mol. The van der Waals surface area contributed by atoms with Crippen molar-refractivity contribution in [1.82, 2.24) is 5.32 Å². The second-order valence-corrected chi connectivity index (χ2v) is 5.86. The number of nitrogens with two attached hydrogens (primary N) is 1. The van der Waals surface area contributed by atoms with E-state index in [9.17, 15) is 0 Å². The van der Waals surface area contributed by atoms with Gasteiger partial charge in [0.15, 0.2) is 5.84 Å². The lowest BCUT2D eigenvalue weighted by Crippen LogP contribution is -2.28. The average molecular weight is 296 g/mol. The van der Waals surface area contributed by atoms with Crippen molar-refractivity contribution >= 4 is 17.4 Å². The lowest BCUT2D eigenvalue weighted by molar-refractivity contribution is 0.318. The molecule has 1 fully saturated rings. The first-order chi connectivity index (χ1) is 9.63. The molecule has 0 bridgehead atoms. The molecule has 4 nitrogen and oxygen atoms in total. The fraction of sp³-hybridized carbons (Fsp3) is 0.533. The third kappa shape index (κ3) is 4.12. The lowest BCUT2D eigenvalue weighted by Gasteiger charge is -2.17. The number of oxime groups is 1. The maximum absolute atomic E-state index is 8.65. The van der Waals surface area contributed by atoms with E-state index in [0.29, 0.717) is 16.6 Å². The maximum atomic E-state index is 8.65. The highest BCUT2D eigenvalue weighted by atomic mass is 35.5. The number of halogens is 1. The predicted octanol–water partition coefficient (Wildman–Crippen LogP) is 3.10. The molecule has 5 heteroatoms. The van der Waals surface area contributed by atoms with Gasteiger partial charge in [0, 0.05) is 23.2 Å². The Labute approximate surface area is 125 Å². The summed E-state index contributed by atoms with van der Waals surface area (Å²) < 4.78 is 0. The second-order valence-electron chi connectivity index (χ2n) is 5.46. The van der Waals surface area contributed by atoms with Crippen LogP contribution in [0.15, 0.2) is 23.4 Å². The van der Waals surface area contributed by atoms with Crippen LogP contribution < -0.4 is 11.1 Å². The molecule has 1 aliphatic carbocycles. The molecule has 2 rings (SSSR count). The van der Waals surface area contributed by atoms with Gasteiger partial charge in [-0.2, -0.15) is 0 Å². The molecule has 1 unspecified atom stereocenters. The van der Waals surface area contributed by atoms with Crippen LogP contribution >= 0.6 is 11.6 Å². The summed E-state index contributed by atoms with van der Waals surface area (Å²) in [6, 6.07) is 6.03. The van der Waals surface area contributed by atoms with Crippen molar-refractivity contribution < 1.29 is 5.21 Å². The summed E-state index contributed by atoms with van der Waals surface area (Å²) in [5.74, 6) is 0.998. The summed E-state index contributed by atoms with van der Waals surface area (Å²) in [6.07, 6.45) is 5.16. The molecule has 0 heterocycles. The summed E-state index contributed by atoms with van der Waals surface area (Å²) in [5, 5.41) is 15.8. The van der Waals surface area contributed by atoms with Crippen LogP contribution in [0, 0.1) is 5.92 Å². The molecular weight excluding hydrogens is 274 g/mol. The van der Waals surface area contributed by atoms with E-state index in [-0.39, 0.29) is 5.84 Å². The number of rotatable bonds is 7. The Balaban J connectivity index is 1.94. The van der Waals surface area contributed by atoms with Gasteiger partial charge in [-0.25, -0.2) is 0 Å². The Kier molecular flexibility index (Phi) is 5.26. The van der Waals surface area contributed by atoms with Gasteiger partial charge in [0.05, 0.1) is 0 Å². The Bertz CT molecular complexity index is 486. The number of hydrogen-bond donors (Lipinski definition) is 3. The molecular formula is C15H22ClN3O. The highest BCUT2D eigenvalue weighted by Crippen LogP contribution is 2.34. The molecule has 0 radical (unpaired) electrons. The van der Waals surface area contributed by atoms with E-state index in [1.807, 2.05) is 12.1 Å². The summed E-state index contributed by atoms with van der Waals surface area (Å²) in [5.41, 5.74) is 7.21. The van der Waals surface area contributed by atoms with Crippen molar-refractivity contribution in [2.45, 2.75) is 45.2 Å². The maximum Gasteiger partial charge on any atom is 0.170 e. The third-order valence-corrected chi connectivity index (χ3v) is 4.20. The van der Waals surface area contributed by atoms with Crippen molar-refractivity contribution in [2.75, 3.05) is 0 Å². The number of amidine groups is 1. The molecule has 0 aromatic heterocycles. The minimum Gasteiger partial charge on any atom is -0.409 e. The van der Waals surface area contributed by atoms with Crippen LogP contribution in [0.4, 0.5) is 0 Å². The Hall–Kier alpha value is -1.26. The quantitative estimate of drug-likeness (QED) is 0.313. The van der Waals surface area contributed by atoms with Gasteiger partial charge in [-0.15, -0.1) is 0 Å². The minimum atomic E-state index is 0.0755. The van der Waals surface area contributed by atoms with Gasteiger partial charge in [-0.3, -0.25) is 0 Å². The normalized spacial score (nSPS) is 17.2. The van der Waals surface area contributed by atoms with E-state index < -0.39 is 0 Å². The minimum absolute atomic E-state index is 0.0755. The fourth-order valence-corrected chi connectivity index (χ4v) is 2.56. The molecule has 1 aromatic rings. The summed E-state index contributed by atoms with van der Waals surface area (Å²) in [6.45, 7) is 2.96. The largest absolute Gasteiger partial charge is 0.409 e. The molecule has 0 saturated heterocycles. The zero-order valence-electron chi connectivity index (χ0n) is 11.8. The van der Waals surface area contributed by atoms with Gasteiger partial charge in [0.1, 0.15) is 0 Å². The SMILES string of the molecule is CCC(CC1CC1)NCc1ccc(/C(N)=N/O)cc1Cl. The Morgan fingerprint density at radius 1 is 1.55 bits per heavy atom. The van der Waals surface area contributed by atoms with E-state index >= 15 is 0 Å². The first kappa shape index (κ1) is 15.1. The Morgan fingerprint density at radius 2 is 2.30 bits per heavy atom. The highest BCUT2D eigenvalue weighted by Gasteiger charge is 2.24. The van der Waals surface area contributed by atoms with Crippen molar-refractivity contribution in [3.8, 4) is 0 Å². The van der Waals surface area contributed by atoms with Crippen LogP contribution in [0.1, 0.15) is 43.7 Å². The van der Waals surface area contributed by atoms with E-state index in [1.165, 1.54) is 19.3 Å². The molecule has 1 atom stereocenters. The van der Waals surface area contributed by atoms with E-state index in [0.717, 1.165) is 24.4 Å². The Morgan fingerprint density at radius 3 is 2.85 bits per heavy atom. The molecule has 0 amide bonds. The smallest absolute Gasteiger partial charge is 0.170 e. The predicted molar refractivity (Wildman–Crippen MR) is 82.2 cm³/mol. The topological polar surface area (TPSA) is 70.6 Å². The summed E-state index contributed by atoms with van der Waals surface area (Å²) in [4.78, 5) is 0. The zero-order chi connectivity index (χ0) is 14.5. The summed E-state index contributed by atoms with van der Waals surface area (Å²) in [7, 11) is 0. The van der Waals surface area contributed by atoms with Crippen LogP contribution in [0.25, 0.3) is 0 Å². The third-order valence-electron chi connectivity index (χ3n) is 3.85. The van der Waals surface area contributed by atoms with Crippen LogP contribution in [-0.4, -0.2) is 17.1 Å². The first-order valence-electron chi connectivity index (χ1n) is 7.13. The van der Waals surface area contributed by atoms with Crippen LogP contribution in [0.5, 0.6) is 0 Å². The molecule has 1 aromatic carbocycles.